The maximum Gasteiger partial charge on any atom is 0.262 e. The molecule has 6 nitrogen and oxygen atoms in total. The van der Waals surface area contributed by atoms with Crippen molar-refractivity contribution in [3.63, 3.8) is 0 Å². The lowest BCUT2D eigenvalue weighted by Crippen LogP contribution is -2.20. The summed E-state index contributed by atoms with van der Waals surface area (Å²) in [4.78, 5) is 12.2. The van der Waals surface area contributed by atoms with Gasteiger partial charge in [0.2, 0.25) is 0 Å². The lowest BCUT2D eigenvalue weighted by atomic mass is 10.2. The van der Waals surface area contributed by atoms with Gasteiger partial charge in [-0.3, -0.25) is 4.79 Å². The Morgan fingerprint density at radius 2 is 2.00 bits per heavy atom. The van der Waals surface area contributed by atoms with Gasteiger partial charge in [0.05, 0.1) is 0 Å². The predicted octanol–water partition coefficient (Wildman–Crippen LogP) is 4.45. The summed E-state index contributed by atoms with van der Waals surface area (Å²) in [6, 6.07) is 15.1. The van der Waals surface area contributed by atoms with Crippen molar-refractivity contribution in [1.29, 1.82) is 0 Å². The molecule has 1 N–H and O–H groups in total. The standard InChI is InChI=1S/C21H21BrN4O2/c22-16-7-5-8-17(13-16)23-20(27)14-28-18-9-4-6-15(12-18)21-25-24-19-10-2-1-3-11-26(19)21/h4-9,12-13H,1-3,10-11,14H2,(H,23,27). The Labute approximate surface area is 172 Å². The monoisotopic (exact) mass is 440 g/mol. The average molecular weight is 441 g/mol. The number of nitrogens with one attached hydrogen (secondary N) is 1. The van der Waals surface area contributed by atoms with Crippen LogP contribution in [0.3, 0.4) is 0 Å². The molecule has 28 heavy (non-hydrogen) atoms. The molecular weight excluding hydrogens is 420 g/mol. The maximum absolute atomic E-state index is 12.2. The normalized spacial score (nSPS) is 13.5. The summed E-state index contributed by atoms with van der Waals surface area (Å²) in [6.07, 6.45) is 4.50. The fraction of sp³-hybridized carbons (Fsp3) is 0.286. The van der Waals surface area contributed by atoms with Crippen LogP contribution < -0.4 is 10.1 Å². The van der Waals surface area contributed by atoms with Crippen molar-refractivity contribution in [2.24, 2.45) is 0 Å². The summed E-state index contributed by atoms with van der Waals surface area (Å²) < 4.78 is 8.81. The molecule has 2 aromatic carbocycles. The SMILES string of the molecule is O=C(COc1cccc(-c2nnc3n2CCCCC3)c1)Nc1cccc(Br)c1. The third-order valence-electron chi connectivity index (χ3n) is 4.68. The molecule has 4 rings (SSSR count). The number of aryl methyl sites for hydroxylation is 1. The average Bonchev–Trinajstić information content (AvgIpc) is 2.95. The highest BCUT2D eigenvalue weighted by Gasteiger charge is 2.16. The van der Waals surface area contributed by atoms with Gasteiger partial charge in [-0.15, -0.1) is 10.2 Å². The molecular formula is C21H21BrN4O2. The van der Waals surface area contributed by atoms with Gasteiger partial charge >= 0.3 is 0 Å². The van der Waals surface area contributed by atoms with Gasteiger partial charge in [-0.1, -0.05) is 40.5 Å². The predicted molar refractivity (Wildman–Crippen MR) is 111 cm³/mol. The van der Waals surface area contributed by atoms with Gasteiger partial charge in [0.25, 0.3) is 5.91 Å². The molecule has 7 heteroatoms. The van der Waals surface area contributed by atoms with Gasteiger partial charge in [0, 0.05) is 28.7 Å². The second-order valence-corrected chi connectivity index (χ2v) is 7.69. The van der Waals surface area contributed by atoms with Crippen molar-refractivity contribution in [1.82, 2.24) is 14.8 Å². The van der Waals surface area contributed by atoms with E-state index in [1.807, 2.05) is 48.5 Å². The van der Waals surface area contributed by atoms with Crippen LogP contribution in [-0.4, -0.2) is 27.3 Å². The van der Waals surface area contributed by atoms with Crippen molar-refractivity contribution in [2.75, 3.05) is 11.9 Å². The van der Waals surface area contributed by atoms with Crippen LogP contribution in [-0.2, 0) is 17.8 Å². The number of amides is 1. The van der Waals surface area contributed by atoms with Crippen LogP contribution >= 0.6 is 15.9 Å². The number of nitrogens with zero attached hydrogens (tertiary/aromatic N) is 3. The Balaban J connectivity index is 1.43. The fourth-order valence-electron chi connectivity index (χ4n) is 3.34. The number of benzene rings is 2. The van der Waals surface area contributed by atoms with Crippen LogP contribution in [0.15, 0.2) is 53.0 Å². The van der Waals surface area contributed by atoms with E-state index in [0.29, 0.717) is 5.75 Å². The van der Waals surface area contributed by atoms with Crippen LogP contribution in [0, 0.1) is 0 Å². The third-order valence-corrected chi connectivity index (χ3v) is 5.17. The Kier molecular flexibility index (Phi) is 5.71. The number of anilines is 1. The maximum atomic E-state index is 12.2. The first-order chi connectivity index (χ1) is 13.7. The number of hydrogen-bond donors (Lipinski definition) is 1. The Morgan fingerprint density at radius 3 is 2.89 bits per heavy atom. The molecule has 0 fully saturated rings. The molecule has 0 spiro atoms. The third kappa shape index (κ3) is 4.42. The van der Waals surface area contributed by atoms with Gasteiger partial charge in [0.15, 0.2) is 12.4 Å². The number of ether oxygens (including phenoxy) is 1. The lowest BCUT2D eigenvalue weighted by molar-refractivity contribution is -0.118. The van der Waals surface area contributed by atoms with E-state index in [2.05, 4.69) is 36.0 Å². The van der Waals surface area contributed by atoms with Crippen LogP contribution in [0.25, 0.3) is 11.4 Å². The number of rotatable bonds is 5. The van der Waals surface area contributed by atoms with E-state index >= 15 is 0 Å². The van der Waals surface area contributed by atoms with Crippen molar-refractivity contribution >= 4 is 27.5 Å². The van der Waals surface area contributed by atoms with Gasteiger partial charge in [0.1, 0.15) is 11.6 Å². The van der Waals surface area contributed by atoms with E-state index in [1.54, 1.807) is 0 Å². The molecule has 3 aromatic rings. The highest BCUT2D eigenvalue weighted by molar-refractivity contribution is 9.10. The number of hydrogen-bond acceptors (Lipinski definition) is 4. The largest absolute Gasteiger partial charge is 0.484 e. The summed E-state index contributed by atoms with van der Waals surface area (Å²) in [5, 5.41) is 11.6. The van der Waals surface area contributed by atoms with Gasteiger partial charge < -0.3 is 14.6 Å². The van der Waals surface area contributed by atoms with E-state index in [4.69, 9.17) is 4.74 Å². The topological polar surface area (TPSA) is 69.0 Å². The zero-order valence-corrected chi connectivity index (χ0v) is 17.0. The van der Waals surface area contributed by atoms with Crippen molar-refractivity contribution in [2.45, 2.75) is 32.2 Å². The smallest absolute Gasteiger partial charge is 0.262 e. The Bertz CT molecular complexity index is 986. The number of carbonyl (C=O) groups excluding carboxylic acids is 1. The molecule has 0 atom stereocenters. The molecule has 0 saturated carbocycles. The zero-order valence-electron chi connectivity index (χ0n) is 15.4. The van der Waals surface area contributed by atoms with Crippen molar-refractivity contribution in [3.05, 3.63) is 58.8 Å². The summed E-state index contributed by atoms with van der Waals surface area (Å²) in [5.74, 6) is 2.33. The first-order valence-corrected chi connectivity index (χ1v) is 10.2. The molecule has 1 amide bonds. The second kappa shape index (κ2) is 8.56. The minimum atomic E-state index is -0.208. The second-order valence-electron chi connectivity index (χ2n) is 6.78. The molecule has 1 aromatic heterocycles. The minimum absolute atomic E-state index is 0.0616. The molecule has 1 aliphatic rings. The summed E-state index contributed by atoms with van der Waals surface area (Å²) in [6.45, 7) is 0.881. The molecule has 0 unspecified atom stereocenters. The first kappa shape index (κ1) is 18.7. The van der Waals surface area contributed by atoms with Crippen LogP contribution in [0.1, 0.15) is 25.1 Å². The van der Waals surface area contributed by atoms with E-state index in [9.17, 15) is 4.79 Å². The molecule has 0 bridgehead atoms. The Hall–Kier alpha value is -2.67. The molecule has 0 radical (unpaired) electrons. The highest BCUT2D eigenvalue weighted by atomic mass is 79.9. The number of carbonyl (C=O) groups is 1. The molecule has 0 aliphatic carbocycles. The zero-order chi connectivity index (χ0) is 19.3. The van der Waals surface area contributed by atoms with E-state index in [1.165, 1.54) is 6.42 Å². The summed E-state index contributed by atoms with van der Waals surface area (Å²) in [5.41, 5.74) is 1.67. The number of halogens is 1. The number of fused-ring (bicyclic) bond motifs is 1. The lowest BCUT2D eigenvalue weighted by Gasteiger charge is -2.10. The first-order valence-electron chi connectivity index (χ1n) is 9.40. The highest BCUT2D eigenvalue weighted by Crippen LogP contribution is 2.25. The molecule has 144 valence electrons. The minimum Gasteiger partial charge on any atom is -0.484 e. The summed E-state index contributed by atoms with van der Waals surface area (Å²) in [7, 11) is 0. The van der Waals surface area contributed by atoms with E-state index in [-0.39, 0.29) is 12.5 Å². The van der Waals surface area contributed by atoms with Crippen LogP contribution in [0.2, 0.25) is 0 Å². The van der Waals surface area contributed by atoms with Gasteiger partial charge in [-0.25, -0.2) is 0 Å². The van der Waals surface area contributed by atoms with Crippen molar-refractivity contribution < 1.29 is 9.53 Å². The van der Waals surface area contributed by atoms with Crippen LogP contribution in [0.4, 0.5) is 5.69 Å². The molecule has 1 aliphatic heterocycles. The summed E-state index contributed by atoms with van der Waals surface area (Å²) >= 11 is 3.39. The fourth-order valence-corrected chi connectivity index (χ4v) is 3.73. The van der Waals surface area contributed by atoms with Gasteiger partial charge in [-0.05, 0) is 43.2 Å². The van der Waals surface area contributed by atoms with E-state index < -0.39 is 0 Å². The van der Waals surface area contributed by atoms with Gasteiger partial charge in [-0.2, -0.15) is 0 Å². The Morgan fingerprint density at radius 1 is 1.11 bits per heavy atom. The molecule has 2 heterocycles. The quantitative estimate of drug-likeness (QED) is 0.635. The van der Waals surface area contributed by atoms with Crippen molar-refractivity contribution in [3.8, 4) is 17.1 Å². The van der Waals surface area contributed by atoms with Crippen LogP contribution in [0.5, 0.6) is 5.75 Å². The number of aromatic nitrogens is 3. The van der Waals surface area contributed by atoms with E-state index in [0.717, 1.165) is 53.2 Å². The molecule has 0 saturated heterocycles.